The Hall–Kier alpha value is -1.42. The molecule has 1 saturated carbocycles. The fourth-order valence-corrected chi connectivity index (χ4v) is 5.28. The molecule has 1 fully saturated rings. The number of nitrogens with zero attached hydrogens (tertiary/aromatic N) is 1. The molecule has 0 aromatic heterocycles. The molecule has 0 heterocycles. The van der Waals surface area contributed by atoms with Gasteiger partial charge in [0.25, 0.3) is 0 Å². The molecule has 0 unspecified atom stereocenters. The zero-order chi connectivity index (χ0) is 21.5. The van der Waals surface area contributed by atoms with Crippen LogP contribution in [0.25, 0.3) is 0 Å². The number of unbranched alkanes of at least 4 members (excludes halogenated alkanes) is 2. The first-order valence-corrected chi connectivity index (χ1v) is 11.9. The predicted octanol–water partition coefficient (Wildman–Crippen LogP) is 4.91. The Morgan fingerprint density at radius 3 is 2.77 bits per heavy atom. The highest BCUT2D eigenvalue weighted by Gasteiger charge is 2.43. The van der Waals surface area contributed by atoms with Gasteiger partial charge in [0.15, 0.2) is 0 Å². The Bertz CT molecular complexity index is 723. The maximum Gasteiger partial charge on any atom is 0.0724 e. The van der Waals surface area contributed by atoms with Crippen LogP contribution in [0.2, 0.25) is 0 Å². The molecule has 0 spiro atoms. The van der Waals surface area contributed by atoms with Crippen LogP contribution in [-0.2, 0) is 6.42 Å². The molecule has 0 bridgehead atoms. The molecule has 2 aliphatic carbocycles. The highest BCUT2D eigenvalue weighted by atomic mass is 16.3. The van der Waals surface area contributed by atoms with E-state index in [-0.39, 0.29) is 12.0 Å². The first kappa shape index (κ1) is 23.2. The van der Waals surface area contributed by atoms with Gasteiger partial charge in [-0.05, 0) is 89.9 Å². The van der Waals surface area contributed by atoms with Gasteiger partial charge in [0.05, 0.1) is 12.2 Å². The van der Waals surface area contributed by atoms with Gasteiger partial charge < -0.3 is 15.1 Å². The standard InChI is InChI=1S/C27H41NO2/c1-20-8-7-10-21(16-20)11-12-24(29)13-14-25-26-18-22(17-23(26)19-27(25)30)9-5-4-6-15-28(2)3/h7-8,10,13-14,16-17,23-27,29-30H,4-6,9,11-12,15,18-19H2,1-3H3/b14-13+/t23-,24-,25+,26-,27+/m0/s1. The van der Waals surface area contributed by atoms with E-state index in [4.69, 9.17) is 0 Å². The number of hydrogen-bond acceptors (Lipinski definition) is 3. The zero-order valence-electron chi connectivity index (χ0n) is 19.1. The monoisotopic (exact) mass is 411 g/mol. The minimum atomic E-state index is -0.442. The number of aryl methyl sites for hydroxylation is 2. The number of aliphatic hydroxyl groups is 2. The molecule has 0 amide bonds. The summed E-state index contributed by atoms with van der Waals surface area (Å²) in [5, 5.41) is 21.0. The molecule has 0 aliphatic heterocycles. The van der Waals surface area contributed by atoms with Crippen molar-refractivity contribution in [1.82, 2.24) is 4.90 Å². The van der Waals surface area contributed by atoms with E-state index in [0.717, 1.165) is 25.7 Å². The quantitative estimate of drug-likeness (QED) is 0.402. The second-order valence-electron chi connectivity index (χ2n) is 9.83. The minimum absolute atomic E-state index is 0.186. The lowest BCUT2D eigenvalue weighted by atomic mass is 9.88. The highest BCUT2D eigenvalue weighted by molar-refractivity contribution is 5.23. The van der Waals surface area contributed by atoms with Gasteiger partial charge in [0.2, 0.25) is 0 Å². The summed E-state index contributed by atoms with van der Waals surface area (Å²) in [7, 11) is 4.28. The summed E-state index contributed by atoms with van der Waals surface area (Å²) in [5.41, 5.74) is 4.14. The summed E-state index contributed by atoms with van der Waals surface area (Å²) in [6.07, 6.45) is 14.5. The summed E-state index contributed by atoms with van der Waals surface area (Å²) in [6.45, 7) is 3.28. The van der Waals surface area contributed by atoms with Crippen molar-refractivity contribution >= 4 is 0 Å². The van der Waals surface area contributed by atoms with Crippen molar-refractivity contribution in [2.75, 3.05) is 20.6 Å². The number of rotatable bonds is 11. The van der Waals surface area contributed by atoms with Crippen molar-refractivity contribution in [3.8, 4) is 0 Å². The molecule has 0 saturated heterocycles. The third-order valence-electron chi connectivity index (χ3n) is 6.92. The van der Waals surface area contributed by atoms with Crippen LogP contribution in [-0.4, -0.2) is 48.0 Å². The van der Waals surface area contributed by atoms with Crippen LogP contribution in [0.1, 0.15) is 56.1 Å². The van der Waals surface area contributed by atoms with Crippen molar-refractivity contribution in [3.63, 3.8) is 0 Å². The molecule has 30 heavy (non-hydrogen) atoms. The fourth-order valence-electron chi connectivity index (χ4n) is 5.28. The Labute approximate surface area is 183 Å². The molecule has 0 radical (unpaired) electrons. The van der Waals surface area contributed by atoms with Crippen LogP contribution in [0.5, 0.6) is 0 Å². The summed E-state index contributed by atoms with van der Waals surface area (Å²) < 4.78 is 0. The normalized spacial score (nSPS) is 27.1. The van der Waals surface area contributed by atoms with Gasteiger partial charge in [0, 0.05) is 5.92 Å². The summed E-state index contributed by atoms with van der Waals surface area (Å²) in [6, 6.07) is 8.50. The first-order valence-electron chi connectivity index (χ1n) is 11.9. The van der Waals surface area contributed by atoms with E-state index in [1.54, 1.807) is 5.57 Å². The number of aliphatic hydroxyl groups excluding tert-OH is 2. The van der Waals surface area contributed by atoms with Gasteiger partial charge in [-0.3, -0.25) is 0 Å². The maximum absolute atomic E-state index is 10.6. The van der Waals surface area contributed by atoms with E-state index in [1.165, 1.54) is 43.4 Å². The van der Waals surface area contributed by atoms with E-state index in [2.05, 4.69) is 62.3 Å². The SMILES string of the molecule is Cc1cccc(CC[C@H](O)/C=C/[C@@H]2[C@H]3CC(CCCCCN(C)C)=C[C@H]3C[C@H]2O)c1. The molecule has 3 heteroatoms. The molecule has 1 aromatic carbocycles. The van der Waals surface area contributed by atoms with Gasteiger partial charge in [-0.25, -0.2) is 0 Å². The van der Waals surface area contributed by atoms with Gasteiger partial charge >= 0.3 is 0 Å². The molecule has 2 N–H and O–H groups in total. The van der Waals surface area contributed by atoms with Crippen molar-refractivity contribution < 1.29 is 10.2 Å². The van der Waals surface area contributed by atoms with Crippen LogP contribution in [0.3, 0.4) is 0 Å². The molecule has 5 atom stereocenters. The Balaban J connectivity index is 1.43. The molecular formula is C27H41NO2. The lowest BCUT2D eigenvalue weighted by Gasteiger charge is -2.19. The third kappa shape index (κ3) is 6.80. The summed E-state index contributed by atoms with van der Waals surface area (Å²) in [5.74, 6) is 1.24. The number of hydrogen-bond donors (Lipinski definition) is 2. The van der Waals surface area contributed by atoms with Gasteiger partial charge in [-0.15, -0.1) is 0 Å². The second kappa shape index (κ2) is 11.3. The number of benzene rings is 1. The largest absolute Gasteiger partial charge is 0.392 e. The van der Waals surface area contributed by atoms with Crippen molar-refractivity contribution in [1.29, 1.82) is 0 Å². The Morgan fingerprint density at radius 1 is 1.17 bits per heavy atom. The zero-order valence-corrected chi connectivity index (χ0v) is 19.1. The van der Waals surface area contributed by atoms with Gasteiger partial charge in [-0.2, -0.15) is 0 Å². The van der Waals surface area contributed by atoms with Crippen molar-refractivity contribution in [2.45, 2.75) is 70.5 Å². The lowest BCUT2D eigenvalue weighted by Crippen LogP contribution is -2.18. The van der Waals surface area contributed by atoms with Crippen LogP contribution in [0.4, 0.5) is 0 Å². The van der Waals surface area contributed by atoms with E-state index < -0.39 is 6.10 Å². The minimum Gasteiger partial charge on any atom is -0.392 e. The van der Waals surface area contributed by atoms with Gasteiger partial charge in [-0.1, -0.05) is 60.1 Å². The molecular weight excluding hydrogens is 370 g/mol. The van der Waals surface area contributed by atoms with Crippen molar-refractivity contribution in [3.05, 3.63) is 59.2 Å². The first-order chi connectivity index (χ1) is 14.4. The smallest absolute Gasteiger partial charge is 0.0724 e. The van der Waals surface area contributed by atoms with Crippen molar-refractivity contribution in [2.24, 2.45) is 17.8 Å². The van der Waals surface area contributed by atoms with Crippen LogP contribution in [0.15, 0.2) is 48.1 Å². The Kier molecular flexibility index (Phi) is 8.73. The van der Waals surface area contributed by atoms with E-state index in [1.807, 2.05) is 6.08 Å². The number of fused-ring (bicyclic) bond motifs is 1. The average Bonchev–Trinajstić information content (AvgIpc) is 3.20. The average molecular weight is 412 g/mol. The molecule has 3 nitrogen and oxygen atoms in total. The molecule has 1 aromatic rings. The number of allylic oxidation sites excluding steroid dienone is 2. The molecule has 166 valence electrons. The summed E-state index contributed by atoms with van der Waals surface area (Å²) in [4.78, 5) is 2.26. The predicted molar refractivity (Wildman–Crippen MR) is 125 cm³/mol. The van der Waals surface area contributed by atoms with E-state index in [9.17, 15) is 10.2 Å². The Morgan fingerprint density at radius 2 is 2.00 bits per heavy atom. The lowest BCUT2D eigenvalue weighted by molar-refractivity contribution is 0.139. The van der Waals surface area contributed by atoms with Crippen LogP contribution < -0.4 is 0 Å². The van der Waals surface area contributed by atoms with E-state index in [0.29, 0.717) is 11.8 Å². The fraction of sp³-hybridized carbons (Fsp3) is 0.630. The molecule has 2 aliphatic rings. The highest BCUT2D eigenvalue weighted by Crippen LogP contribution is 2.48. The topological polar surface area (TPSA) is 43.7 Å². The maximum atomic E-state index is 10.6. The van der Waals surface area contributed by atoms with E-state index >= 15 is 0 Å². The second-order valence-corrected chi connectivity index (χ2v) is 9.83. The van der Waals surface area contributed by atoms with Crippen LogP contribution >= 0.6 is 0 Å². The third-order valence-corrected chi connectivity index (χ3v) is 6.92. The molecule has 3 rings (SSSR count). The van der Waals surface area contributed by atoms with Crippen LogP contribution in [0, 0.1) is 24.7 Å². The summed E-state index contributed by atoms with van der Waals surface area (Å²) >= 11 is 0. The van der Waals surface area contributed by atoms with Gasteiger partial charge in [0.1, 0.15) is 0 Å².